The maximum absolute atomic E-state index is 10.6. The Balaban J connectivity index is 2.42. The summed E-state index contributed by atoms with van der Waals surface area (Å²) in [6, 6.07) is 1.68. The molecule has 2 aromatic rings. The van der Waals surface area contributed by atoms with Crippen LogP contribution in [0.15, 0.2) is 18.5 Å². The fraction of sp³-hybridized carbons (Fsp3) is 0.111. The van der Waals surface area contributed by atoms with Crippen LogP contribution in [0.25, 0.3) is 5.95 Å². The first kappa shape index (κ1) is 10.1. The Morgan fingerprint density at radius 2 is 2.06 bits per heavy atom. The van der Waals surface area contributed by atoms with Crippen molar-refractivity contribution in [1.29, 1.82) is 0 Å². The van der Waals surface area contributed by atoms with Gasteiger partial charge in [-0.25, -0.2) is 19.4 Å². The molecule has 0 aliphatic heterocycles. The van der Waals surface area contributed by atoms with Crippen molar-refractivity contribution in [3.8, 4) is 5.95 Å². The monoisotopic (exact) mass is 219 g/mol. The van der Waals surface area contributed by atoms with Gasteiger partial charge in [0.2, 0.25) is 0 Å². The first-order valence-corrected chi connectivity index (χ1v) is 4.46. The lowest BCUT2D eigenvalue weighted by Crippen LogP contribution is -2.07. The molecule has 0 atom stereocenters. The van der Waals surface area contributed by atoms with Gasteiger partial charge in [0.25, 0.3) is 5.95 Å². The summed E-state index contributed by atoms with van der Waals surface area (Å²) in [4.78, 5) is 18.4. The van der Waals surface area contributed by atoms with E-state index in [-0.39, 0.29) is 5.56 Å². The summed E-state index contributed by atoms with van der Waals surface area (Å²) >= 11 is 0. The lowest BCUT2D eigenvalue weighted by Gasteiger charge is -2.01. The number of aromatic carboxylic acids is 1. The van der Waals surface area contributed by atoms with Crippen LogP contribution < -0.4 is 5.73 Å². The molecule has 0 spiro atoms. The summed E-state index contributed by atoms with van der Waals surface area (Å²) in [5.74, 6) is -0.411. The molecule has 0 aromatic carbocycles. The number of nitrogens with zero attached hydrogens (tertiary/aromatic N) is 4. The summed E-state index contributed by atoms with van der Waals surface area (Å²) in [6.07, 6.45) is 2.45. The van der Waals surface area contributed by atoms with Gasteiger partial charge < -0.3 is 10.8 Å². The van der Waals surface area contributed by atoms with Crippen LogP contribution in [0.4, 0.5) is 5.82 Å². The molecule has 7 heteroatoms. The number of hydrogen-bond acceptors (Lipinski definition) is 5. The predicted octanol–water partition coefficient (Wildman–Crippen LogP) is 0.251. The molecule has 7 nitrogen and oxygen atoms in total. The number of rotatable bonds is 2. The van der Waals surface area contributed by atoms with E-state index in [0.717, 1.165) is 5.69 Å². The highest BCUT2D eigenvalue weighted by Crippen LogP contribution is 2.09. The van der Waals surface area contributed by atoms with Crippen molar-refractivity contribution >= 4 is 11.8 Å². The standard InChI is InChI=1S/C9H9N5O2/c1-5-2-7(10)13-14(5)9-11-3-6(4-12-9)8(15)16/h2-4H,1H3,(H2,10,13)(H,15,16). The third-order valence-electron chi connectivity index (χ3n) is 1.98. The van der Waals surface area contributed by atoms with E-state index in [0.29, 0.717) is 11.8 Å². The Morgan fingerprint density at radius 1 is 1.44 bits per heavy atom. The van der Waals surface area contributed by atoms with E-state index in [1.165, 1.54) is 17.1 Å². The van der Waals surface area contributed by atoms with Gasteiger partial charge in [0.05, 0.1) is 5.56 Å². The van der Waals surface area contributed by atoms with Crippen LogP contribution in [-0.2, 0) is 0 Å². The molecule has 0 saturated carbocycles. The Bertz CT molecular complexity index is 531. The number of aromatic nitrogens is 4. The van der Waals surface area contributed by atoms with Gasteiger partial charge in [-0.05, 0) is 6.92 Å². The van der Waals surface area contributed by atoms with Gasteiger partial charge in [0.15, 0.2) is 0 Å². The van der Waals surface area contributed by atoms with E-state index in [2.05, 4.69) is 15.1 Å². The molecule has 3 N–H and O–H groups in total. The summed E-state index contributed by atoms with van der Waals surface area (Å²) in [6.45, 7) is 1.80. The first-order chi connectivity index (χ1) is 7.58. The second-order valence-electron chi connectivity index (χ2n) is 3.20. The van der Waals surface area contributed by atoms with Crippen molar-refractivity contribution in [2.75, 3.05) is 5.73 Å². The zero-order valence-electron chi connectivity index (χ0n) is 8.45. The van der Waals surface area contributed by atoms with E-state index in [1.807, 2.05) is 0 Å². The lowest BCUT2D eigenvalue weighted by atomic mass is 10.3. The van der Waals surface area contributed by atoms with Gasteiger partial charge in [-0.2, -0.15) is 0 Å². The zero-order valence-corrected chi connectivity index (χ0v) is 8.45. The zero-order chi connectivity index (χ0) is 11.7. The maximum Gasteiger partial charge on any atom is 0.338 e. The minimum Gasteiger partial charge on any atom is -0.478 e. The Kier molecular flexibility index (Phi) is 2.28. The van der Waals surface area contributed by atoms with E-state index < -0.39 is 5.97 Å². The largest absolute Gasteiger partial charge is 0.478 e. The van der Waals surface area contributed by atoms with Crippen LogP contribution in [0, 0.1) is 6.92 Å². The van der Waals surface area contributed by atoms with Gasteiger partial charge in [0, 0.05) is 24.2 Å². The summed E-state index contributed by atoms with van der Waals surface area (Å²) < 4.78 is 1.45. The molecule has 2 rings (SSSR count). The van der Waals surface area contributed by atoms with Crippen molar-refractivity contribution in [3.05, 3.63) is 29.7 Å². The molecule has 0 radical (unpaired) electrons. The quantitative estimate of drug-likeness (QED) is 0.749. The normalized spacial score (nSPS) is 10.3. The Labute approximate surface area is 90.6 Å². The number of nitrogen functional groups attached to an aromatic ring is 1. The average molecular weight is 219 g/mol. The van der Waals surface area contributed by atoms with Gasteiger partial charge in [-0.3, -0.25) is 0 Å². The third-order valence-corrected chi connectivity index (χ3v) is 1.98. The number of carboxylic acid groups (broad SMARTS) is 1. The Morgan fingerprint density at radius 3 is 2.50 bits per heavy atom. The number of hydrogen-bond donors (Lipinski definition) is 2. The van der Waals surface area contributed by atoms with Crippen molar-refractivity contribution in [1.82, 2.24) is 19.7 Å². The second kappa shape index (κ2) is 3.61. The molecule has 0 aliphatic carbocycles. The molecule has 0 saturated heterocycles. The SMILES string of the molecule is Cc1cc(N)nn1-c1ncc(C(=O)O)cn1. The number of anilines is 1. The number of carboxylic acids is 1. The van der Waals surface area contributed by atoms with Gasteiger partial charge in [-0.1, -0.05) is 0 Å². The van der Waals surface area contributed by atoms with Gasteiger partial charge in [0.1, 0.15) is 5.82 Å². The molecule has 0 unspecified atom stereocenters. The molecule has 0 amide bonds. The maximum atomic E-state index is 10.6. The number of aryl methyl sites for hydroxylation is 1. The fourth-order valence-electron chi connectivity index (χ4n) is 1.24. The van der Waals surface area contributed by atoms with E-state index in [9.17, 15) is 4.79 Å². The summed E-state index contributed by atoms with van der Waals surface area (Å²) in [7, 11) is 0. The molecule has 2 aromatic heterocycles. The summed E-state index contributed by atoms with van der Waals surface area (Å²) in [5.41, 5.74) is 6.32. The summed E-state index contributed by atoms with van der Waals surface area (Å²) in [5, 5.41) is 12.7. The van der Waals surface area contributed by atoms with Crippen LogP contribution in [0.3, 0.4) is 0 Å². The van der Waals surface area contributed by atoms with E-state index >= 15 is 0 Å². The smallest absolute Gasteiger partial charge is 0.338 e. The van der Waals surface area contributed by atoms with Crippen molar-refractivity contribution < 1.29 is 9.90 Å². The second-order valence-corrected chi connectivity index (χ2v) is 3.20. The van der Waals surface area contributed by atoms with Crippen LogP contribution in [0.1, 0.15) is 16.1 Å². The highest BCUT2D eigenvalue weighted by Gasteiger charge is 2.08. The van der Waals surface area contributed by atoms with Gasteiger partial charge in [-0.15, -0.1) is 5.10 Å². The molecule has 16 heavy (non-hydrogen) atoms. The highest BCUT2D eigenvalue weighted by atomic mass is 16.4. The van der Waals surface area contributed by atoms with Crippen LogP contribution >= 0.6 is 0 Å². The molecular weight excluding hydrogens is 210 g/mol. The first-order valence-electron chi connectivity index (χ1n) is 4.46. The topological polar surface area (TPSA) is 107 Å². The lowest BCUT2D eigenvalue weighted by molar-refractivity contribution is 0.0696. The van der Waals surface area contributed by atoms with Crippen molar-refractivity contribution in [2.45, 2.75) is 6.92 Å². The predicted molar refractivity (Wildman–Crippen MR) is 55.3 cm³/mol. The van der Waals surface area contributed by atoms with E-state index in [4.69, 9.17) is 10.8 Å². The van der Waals surface area contributed by atoms with Crippen LogP contribution in [-0.4, -0.2) is 30.8 Å². The molecule has 0 aliphatic rings. The molecule has 0 bridgehead atoms. The average Bonchev–Trinajstić information content (AvgIpc) is 2.58. The van der Waals surface area contributed by atoms with Crippen molar-refractivity contribution in [3.63, 3.8) is 0 Å². The van der Waals surface area contributed by atoms with Crippen molar-refractivity contribution in [2.24, 2.45) is 0 Å². The van der Waals surface area contributed by atoms with Crippen LogP contribution in [0.2, 0.25) is 0 Å². The molecule has 2 heterocycles. The number of nitrogens with two attached hydrogens (primary N) is 1. The highest BCUT2D eigenvalue weighted by molar-refractivity contribution is 5.86. The molecule has 82 valence electrons. The fourth-order valence-corrected chi connectivity index (χ4v) is 1.24. The Hall–Kier alpha value is -2.44. The van der Waals surface area contributed by atoms with Gasteiger partial charge >= 0.3 is 5.97 Å². The van der Waals surface area contributed by atoms with E-state index in [1.54, 1.807) is 13.0 Å². The third kappa shape index (κ3) is 1.70. The van der Waals surface area contributed by atoms with Crippen LogP contribution in [0.5, 0.6) is 0 Å². The molecule has 0 fully saturated rings. The minimum atomic E-state index is -1.07. The minimum absolute atomic E-state index is 0.0292. The number of carbonyl (C=O) groups is 1. The molecular formula is C9H9N5O2.